The zero-order valence-corrected chi connectivity index (χ0v) is 10.8. The number of rotatable bonds is 5. The van der Waals surface area contributed by atoms with Gasteiger partial charge in [-0.25, -0.2) is 9.97 Å². The second kappa shape index (κ2) is 5.80. The lowest BCUT2D eigenvalue weighted by Gasteiger charge is -2.25. The number of hydrogen-bond donors (Lipinski definition) is 0. The summed E-state index contributed by atoms with van der Waals surface area (Å²) in [6.07, 6.45) is 1.10. The molecule has 1 aromatic rings. The fourth-order valence-corrected chi connectivity index (χ4v) is 1.49. The maximum absolute atomic E-state index is 5.06. The van der Waals surface area contributed by atoms with Crippen LogP contribution in [-0.2, 0) is 11.3 Å². The average molecular weight is 223 g/mol. The van der Waals surface area contributed by atoms with Crippen LogP contribution < -0.4 is 4.90 Å². The molecular weight excluding hydrogens is 202 g/mol. The summed E-state index contributed by atoms with van der Waals surface area (Å²) in [6, 6.07) is 2.48. The van der Waals surface area contributed by atoms with E-state index in [4.69, 9.17) is 4.74 Å². The van der Waals surface area contributed by atoms with Crippen LogP contribution in [0.5, 0.6) is 0 Å². The molecule has 0 aliphatic heterocycles. The summed E-state index contributed by atoms with van der Waals surface area (Å²) in [5.41, 5.74) is 0.979. The van der Waals surface area contributed by atoms with E-state index in [1.54, 1.807) is 7.11 Å². The molecule has 0 saturated heterocycles. The lowest BCUT2D eigenvalue weighted by molar-refractivity contribution is 0.177. The van der Waals surface area contributed by atoms with Gasteiger partial charge in [0.25, 0.3) is 0 Å². The smallest absolute Gasteiger partial charge is 0.156 e. The SMILES string of the molecule is CCC(C)N(C)c1cc(C)nc(COC)n1. The van der Waals surface area contributed by atoms with Crippen molar-refractivity contribution in [3.63, 3.8) is 0 Å². The molecule has 16 heavy (non-hydrogen) atoms. The summed E-state index contributed by atoms with van der Waals surface area (Å²) in [5.74, 6) is 1.71. The predicted molar refractivity (Wildman–Crippen MR) is 65.6 cm³/mol. The maximum atomic E-state index is 5.06. The first kappa shape index (κ1) is 12.9. The van der Waals surface area contributed by atoms with Gasteiger partial charge in [-0.2, -0.15) is 0 Å². The molecule has 0 spiro atoms. The highest BCUT2D eigenvalue weighted by Crippen LogP contribution is 2.15. The third-order valence-electron chi connectivity index (χ3n) is 2.77. The Morgan fingerprint density at radius 2 is 2.12 bits per heavy atom. The standard InChI is InChI=1S/C12H21N3O/c1-6-10(3)15(4)12-7-9(2)13-11(14-12)8-16-5/h7,10H,6,8H2,1-5H3. The molecule has 0 N–H and O–H groups in total. The lowest BCUT2D eigenvalue weighted by Crippen LogP contribution is -2.29. The summed E-state index contributed by atoms with van der Waals surface area (Å²) in [6.45, 7) is 6.80. The number of methoxy groups -OCH3 is 1. The molecule has 1 heterocycles. The van der Waals surface area contributed by atoms with E-state index in [2.05, 4.69) is 35.8 Å². The molecule has 4 nitrogen and oxygen atoms in total. The molecule has 1 rings (SSSR count). The van der Waals surface area contributed by atoms with E-state index in [1.165, 1.54) is 0 Å². The van der Waals surface area contributed by atoms with Gasteiger partial charge in [0.15, 0.2) is 5.82 Å². The Hall–Kier alpha value is -1.16. The minimum atomic E-state index is 0.461. The zero-order chi connectivity index (χ0) is 12.1. The molecule has 0 radical (unpaired) electrons. The molecular formula is C12H21N3O. The minimum Gasteiger partial charge on any atom is -0.377 e. The first-order valence-corrected chi connectivity index (χ1v) is 5.64. The number of ether oxygens (including phenoxy) is 1. The van der Waals surface area contributed by atoms with Gasteiger partial charge in [0.1, 0.15) is 12.4 Å². The molecule has 0 saturated carbocycles. The van der Waals surface area contributed by atoms with Gasteiger partial charge in [-0.05, 0) is 20.3 Å². The number of nitrogens with zero attached hydrogens (tertiary/aromatic N) is 3. The zero-order valence-electron chi connectivity index (χ0n) is 10.8. The number of aryl methyl sites for hydroxylation is 1. The Morgan fingerprint density at radius 1 is 1.44 bits per heavy atom. The van der Waals surface area contributed by atoms with Crippen LogP contribution in [0.3, 0.4) is 0 Å². The summed E-state index contributed by atoms with van der Waals surface area (Å²) in [4.78, 5) is 11.0. The normalized spacial score (nSPS) is 12.6. The fraction of sp³-hybridized carbons (Fsp3) is 0.667. The van der Waals surface area contributed by atoms with Crippen molar-refractivity contribution in [1.29, 1.82) is 0 Å². The fourth-order valence-electron chi connectivity index (χ4n) is 1.49. The van der Waals surface area contributed by atoms with Gasteiger partial charge in [-0.3, -0.25) is 0 Å². The second-order valence-electron chi connectivity index (χ2n) is 4.08. The second-order valence-corrected chi connectivity index (χ2v) is 4.08. The number of anilines is 1. The van der Waals surface area contributed by atoms with Gasteiger partial charge in [-0.1, -0.05) is 6.92 Å². The third kappa shape index (κ3) is 3.17. The third-order valence-corrected chi connectivity index (χ3v) is 2.77. The molecule has 90 valence electrons. The summed E-state index contributed by atoms with van der Waals surface area (Å²) >= 11 is 0. The Balaban J connectivity index is 2.94. The van der Waals surface area contributed by atoms with Crippen LogP contribution in [0.4, 0.5) is 5.82 Å². The Morgan fingerprint density at radius 3 is 2.69 bits per heavy atom. The molecule has 0 bridgehead atoms. The highest BCUT2D eigenvalue weighted by atomic mass is 16.5. The van der Waals surface area contributed by atoms with Crippen molar-refractivity contribution in [3.05, 3.63) is 17.6 Å². The molecule has 1 unspecified atom stereocenters. The molecule has 0 aromatic carbocycles. The van der Waals surface area contributed by atoms with Crippen molar-refractivity contribution < 1.29 is 4.74 Å². The minimum absolute atomic E-state index is 0.461. The summed E-state index contributed by atoms with van der Waals surface area (Å²) < 4.78 is 5.06. The quantitative estimate of drug-likeness (QED) is 0.766. The molecule has 0 fully saturated rings. The van der Waals surface area contributed by atoms with Crippen molar-refractivity contribution in [2.75, 3.05) is 19.1 Å². The monoisotopic (exact) mass is 223 g/mol. The molecule has 0 aliphatic rings. The van der Waals surface area contributed by atoms with E-state index in [-0.39, 0.29) is 0 Å². The average Bonchev–Trinajstić information content (AvgIpc) is 2.26. The van der Waals surface area contributed by atoms with Crippen LogP contribution in [0.15, 0.2) is 6.07 Å². The predicted octanol–water partition coefficient (Wildman–Crippen LogP) is 2.17. The van der Waals surface area contributed by atoms with Gasteiger partial charge in [-0.15, -0.1) is 0 Å². The van der Waals surface area contributed by atoms with Crippen molar-refractivity contribution in [2.24, 2.45) is 0 Å². The van der Waals surface area contributed by atoms with Gasteiger partial charge >= 0.3 is 0 Å². The van der Waals surface area contributed by atoms with Crippen LogP contribution in [0.2, 0.25) is 0 Å². The molecule has 0 aliphatic carbocycles. The Bertz CT molecular complexity index is 341. The van der Waals surface area contributed by atoms with E-state index in [0.717, 1.165) is 23.8 Å². The first-order chi connectivity index (χ1) is 7.58. The van der Waals surface area contributed by atoms with Gasteiger partial charge < -0.3 is 9.64 Å². The largest absolute Gasteiger partial charge is 0.377 e. The van der Waals surface area contributed by atoms with Gasteiger partial charge in [0.05, 0.1) is 0 Å². The molecule has 4 heteroatoms. The molecule has 1 aromatic heterocycles. The van der Waals surface area contributed by atoms with Crippen molar-refractivity contribution in [3.8, 4) is 0 Å². The van der Waals surface area contributed by atoms with Gasteiger partial charge in [0.2, 0.25) is 0 Å². The topological polar surface area (TPSA) is 38.2 Å². The first-order valence-electron chi connectivity index (χ1n) is 5.64. The van der Waals surface area contributed by atoms with Crippen molar-refractivity contribution >= 4 is 5.82 Å². The van der Waals surface area contributed by atoms with Crippen LogP contribution in [0.25, 0.3) is 0 Å². The van der Waals surface area contributed by atoms with Crippen molar-refractivity contribution in [1.82, 2.24) is 9.97 Å². The van der Waals surface area contributed by atoms with E-state index in [0.29, 0.717) is 12.6 Å². The maximum Gasteiger partial charge on any atom is 0.156 e. The van der Waals surface area contributed by atoms with Crippen LogP contribution in [0.1, 0.15) is 31.8 Å². The summed E-state index contributed by atoms with van der Waals surface area (Å²) in [5, 5.41) is 0. The van der Waals surface area contributed by atoms with E-state index in [1.807, 2.05) is 13.0 Å². The van der Waals surface area contributed by atoms with E-state index in [9.17, 15) is 0 Å². The highest BCUT2D eigenvalue weighted by molar-refractivity contribution is 5.39. The van der Waals surface area contributed by atoms with Crippen LogP contribution in [-0.4, -0.2) is 30.2 Å². The van der Waals surface area contributed by atoms with Gasteiger partial charge in [0, 0.05) is 32.0 Å². The van der Waals surface area contributed by atoms with E-state index < -0.39 is 0 Å². The number of hydrogen-bond acceptors (Lipinski definition) is 4. The Labute approximate surface area is 97.7 Å². The van der Waals surface area contributed by atoms with Crippen LogP contribution in [0, 0.1) is 6.92 Å². The van der Waals surface area contributed by atoms with Crippen LogP contribution >= 0.6 is 0 Å². The summed E-state index contributed by atoms with van der Waals surface area (Å²) in [7, 11) is 3.72. The lowest BCUT2D eigenvalue weighted by atomic mass is 10.2. The number of aromatic nitrogens is 2. The molecule has 0 amide bonds. The Kier molecular flexibility index (Phi) is 4.68. The van der Waals surface area contributed by atoms with E-state index >= 15 is 0 Å². The highest BCUT2D eigenvalue weighted by Gasteiger charge is 2.11. The van der Waals surface area contributed by atoms with Crippen molar-refractivity contribution in [2.45, 2.75) is 39.8 Å². The molecule has 1 atom stereocenters.